The predicted octanol–water partition coefficient (Wildman–Crippen LogP) is 6.65. The Kier molecular flexibility index (Phi) is 22.2. The summed E-state index contributed by atoms with van der Waals surface area (Å²) in [6.07, 6.45) is 17.4. The number of nitriles is 2. The van der Waals surface area contributed by atoms with Gasteiger partial charge in [-0.1, -0.05) is 109 Å². The molecular weight excluding hydrogens is 753 g/mol. The molecule has 17 heteroatoms. The van der Waals surface area contributed by atoms with Crippen LogP contribution in [0.25, 0.3) is 5.52 Å². The minimum atomic E-state index is -4.88. The summed E-state index contributed by atoms with van der Waals surface area (Å²) < 4.78 is 35.1. The fourth-order valence-electron chi connectivity index (χ4n) is 6.34. The first kappa shape index (κ1) is 47.3. The topological polar surface area (TPSA) is 248 Å². The molecule has 314 valence electrons. The number of phosphoric ester groups is 1. The molecule has 0 aliphatic carbocycles. The number of carbonyl (C=O) groups excluding carboxylic acids is 1. The highest BCUT2D eigenvalue weighted by atomic mass is 31.2. The zero-order chi connectivity index (χ0) is 41.3. The van der Waals surface area contributed by atoms with Crippen LogP contribution in [-0.4, -0.2) is 80.3 Å². The number of nitrogens with zero attached hydrogens (tertiary/aromatic N) is 5. The van der Waals surface area contributed by atoms with Crippen LogP contribution < -0.4 is 11.1 Å². The molecule has 0 saturated heterocycles. The summed E-state index contributed by atoms with van der Waals surface area (Å²) >= 11 is 0. The number of aliphatic hydroxyl groups is 2. The number of fused-ring (bicyclic) bond motifs is 1. The number of anilines is 1. The van der Waals surface area contributed by atoms with Crippen LogP contribution in [0.15, 0.2) is 42.7 Å². The van der Waals surface area contributed by atoms with Crippen LogP contribution in [0.3, 0.4) is 0 Å². The molecule has 6 N–H and O–H groups in total. The first-order valence-electron chi connectivity index (χ1n) is 20.1. The van der Waals surface area contributed by atoms with Gasteiger partial charge in [0.05, 0.1) is 43.2 Å². The normalized spacial score (nSPS) is 14.6. The average Bonchev–Trinajstić information content (AvgIpc) is 3.66. The first-order valence-corrected chi connectivity index (χ1v) is 21.6. The van der Waals surface area contributed by atoms with E-state index in [4.69, 9.17) is 24.3 Å². The third-order valence-corrected chi connectivity index (χ3v) is 10.6. The molecule has 16 nitrogen and oxygen atoms in total. The lowest BCUT2D eigenvalue weighted by Crippen LogP contribution is -2.41. The fourth-order valence-corrected chi connectivity index (χ4v) is 7.12. The monoisotopic (exact) mass is 813 g/mol. The largest absolute Gasteiger partial charge is 0.472 e. The molecule has 3 rings (SSSR count). The zero-order valence-corrected chi connectivity index (χ0v) is 33.9. The summed E-state index contributed by atoms with van der Waals surface area (Å²) in [4.78, 5) is 27.4. The lowest BCUT2D eigenvalue weighted by Gasteiger charge is -2.25. The van der Waals surface area contributed by atoms with Gasteiger partial charge < -0.3 is 35.6 Å². The van der Waals surface area contributed by atoms with E-state index in [2.05, 4.69) is 22.3 Å². The molecule has 5 atom stereocenters. The van der Waals surface area contributed by atoms with Crippen molar-refractivity contribution >= 4 is 25.1 Å². The highest BCUT2D eigenvalue weighted by Crippen LogP contribution is 2.44. The van der Waals surface area contributed by atoms with Gasteiger partial charge >= 0.3 is 7.82 Å². The fraction of sp³-hybridized carbons (Fsp3) is 0.625. The Balaban J connectivity index is 1.43. The number of carbonyl (C=O) groups is 1. The number of nitrogen functional groups attached to an aromatic ring is 1. The lowest BCUT2D eigenvalue weighted by atomic mass is 10.0. The third kappa shape index (κ3) is 17.5. The van der Waals surface area contributed by atoms with Crippen LogP contribution >= 0.6 is 7.82 Å². The van der Waals surface area contributed by atoms with Gasteiger partial charge in [0.25, 0.3) is 12.2 Å². The van der Waals surface area contributed by atoms with Crippen LogP contribution in [0, 0.1) is 22.8 Å². The number of rotatable bonds is 31. The number of aromatic nitrogens is 3. The highest BCUT2D eigenvalue weighted by molar-refractivity contribution is 7.47. The summed E-state index contributed by atoms with van der Waals surface area (Å²) in [5, 5.41) is 46.9. The predicted molar refractivity (Wildman–Crippen MR) is 213 cm³/mol. The van der Waals surface area contributed by atoms with Crippen LogP contribution in [0.5, 0.6) is 0 Å². The minimum Gasteiger partial charge on any atom is -0.419 e. The summed E-state index contributed by atoms with van der Waals surface area (Å²) in [6.45, 7) is 1.26. The Morgan fingerprint density at radius 2 is 1.51 bits per heavy atom. The number of amides is 1. The van der Waals surface area contributed by atoms with E-state index in [0.29, 0.717) is 12.1 Å². The van der Waals surface area contributed by atoms with Crippen molar-refractivity contribution in [3.8, 4) is 12.3 Å². The van der Waals surface area contributed by atoms with Crippen molar-refractivity contribution < 1.29 is 43.0 Å². The Morgan fingerprint density at radius 3 is 2.12 bits per heavy atom. The van der Waals surface area contributed by atoms with Gasteiger partial charge in [-0.3, -0.25) is 13.8 Å². The number of nitrogens with one attached hydrogen (secondary N) is 1. The van der Waals surface area contributed by atoms with Crippen LogP contribution in [0.1, 0.15) is 137 Å². The van der Waals surface area contributed by atoms with Gasteiger partial charge in [0.2, 0.25) is 0 Å². The number of hydrogen-bond donors (Lipinski definition) is 5. The zero-order valence-electron chi connectivity index (χ0n) is 33.0. The molecular formula is C40H60N7O9P. The van der Waals surface area contributed by atoms with E-state index in [1.807, 2.05) is 6.07 Å². The molecule has 0 saturated carbocycles. The van der Waals surface area contributed by atoms with E-state index < -0.39 is 51.3 Å². The Bertz CT molecular complexity index is 1750. The molecule has 2 heterocycles. The Hall–Kier alpha value is -4.12. The SMILES string of the molecule is CCCCCCCCCCCCCCCCCCOC[C@H](COP(=O)(O)OC[C@@H](OC#N)[C@@H](O)[C@@H](O)c1ccc2c(N)ncnn12)NC(=O)c1cccc(C#N)c1. The van der Waals surface area contributed by atoms with Crippen molar-refractivity contribution in [3.63, 3.8) is 0 Å². The number of hydrogen-bond acceptors (Lipinski definition) is 13. The number of nitrogens with two attached hydrogens (primary N) is 1. The van der Waals surface area contributed by atoms with Gasteiger partial charge in [-0.2, -0.15) is 15.6 Å². The van der Waals surface area contributed by atoms with E-state index >= 15 is 0 Å². The van der Waals surface area contributed by atoms with Crippen LogP contribution in [-0.2, 0) is 23.1 Å². The number of phosphoric acid groups is 1. The van der Waals surface area contributed by atoms with E-state index in [1.165, 1.54) is 119 Å². The van der Waals surface area contributed by atoms with Crippen molar-refractivity contribution in [2.24, 2.45) is 0 Å². The summed E-state index contributed by atoms with van der Waals surface area (Å²) in [7, 11) is -4.88. The molecule has 2 aromatic heterocycles. The summed E-state index contributed by atoms with van der Waals surface area (Å²) in [6, 6.07) is 10.1. The molecule has 3 aromatic rings. The van der Waals surface area contributed by atoms with Gasteiger partial charge in [0.1, 0.15) is 24.1 Å². The summed E-state index contributed by atoms with van der Waals surface area (Å²) in [5.74, 6) is -0.426. The van der Waals surface area contributed by atoms with Crippen LogP contribution in [0.4, 0.5) is 5.82 Å². The number of benzene rings is 1. The molecule has 0 radical (unpaired) electrons. The smallest absolute Gasteiger partial charge is 0.419 e. The molecule has 1 unspecified atom stereocenters. The van der Waals surface area contributed by atoms with Crippen molar-refractivity contribution in [3.05, 3.63) is 59.5 Å². The van der Waals surface area contributed by atoms with Gasteiger partial charge in [0.15, 0.2) is 11.9 Å². The molecule has 0 bridgehead atoms. The molecule has 0 aliphatic rings. The molecule has 0 fully saturated rings. The number of ether oxygens (including phenoxy) is 2. The van der Waals surface area contributed by atoms with E-state index in [0.717, 1.165) is 25.6 Å². The molecule has 0 aliphatic heterocycles. The number of aliphatic hydroxyl groups excluding tert-OH is 2. The Labute approximate surface area is 335 Å². The number of unbranched alkanes of at least 4 members (excludes halogenated alkanes) is 15. The van der Waals surface area contributed by atoms with Crippen LogP contribution in [0.2, 0.25) is 0 Å². The molecule has 0 spiro atoms. The highest BCUT2D eigenvalue weighted by Gasteiger charge is 2.35. The maximum atomic E-state index is 13.1. The van der Waals surface area contributed by atoms with Gasteiger partial charge in [-0.05, 0) is 36.8 Å². The minimum absolute atomic E-state index is 0.0488. The third-order valence-electron chi connectivity index (χ3n) is 9.61. The maximum absolute atomic E-state index is 13.1. The van der Waals surface area contributed by atoms with Gasteiger partial charge in [-0.25, -0.2) is 14.1 Å². The lowest BCUT2D eigenvalue weighted by molar-refractivity contribution is -0.0797. The molecule has 57 heavy (non-hydrogen) atoms. The van der Waals surface area contributed by atoms with Crippen molar-refractivity contribution in [2.45, 2.75) is 134 Å². The first-order chi connectivity index (χ1) is 27.6. The summed E-state index contributed by atoms with van der Waals surface area (Å²) in [5.41, 5.74) is 6.76. The second kappa shape index (κ2) is 26.7. The van der Waals surface area contributed by atoms with E-state index in [1.54, 1.807) is 12.1 Å². The van der Waals surface area contributed by atoms with Gasteiger partial charge in [0, 0.05) is 12.2 Å². The average molecular weight is 814 g/mol. The molecule has 1 amide bonds. The second-order valence-electron chi connectivity index (χ2n) is 14.2. The standard InChI is InChI=1S/C40H60N7O9P/c1-2-3-4-5-6-7-8-9-10-11-12-13-14-15-16-17-23-53-26-33(46-40(50)32-20-18-19-31(24-32)25-41)27-55-57(51,52)56-28-36(54-29-42)38(49)37(48)34-21-22-35-39(43)44-30-45-47(34)35/h18-22,24,30,33,36-38,48-49H,2-17,23,26-28H2,1H3,(H,46,50)(H,51,52)(H2,43,44,45)/t33-,36-,37+,38-/m1/s1. The second-order valence-corrected chi connectivity index (χ2v) is 15.6. The van der Waals surface area contributed by atoms with Crippen molar-refractivity contribution in [2.75, 3.05) is 32.2 Å². The van der Waals surface area contributed by atoms with Crippen molar-refractivity contribution in [1.82, 2.24) is 19.9 Å². The van der Waals surface area contributed by atoms with Gasteiger partial charge in [-0.15, -0.1) is 0 Å². The quantitative estimate of drug-likeness (QED) is 0.0259. The maximum Gasteiger partial charge on any atom is 0.472 e. The molecule has 1 aromatic carbocycles. The van der Waals surface area contributed by atoms with E-state index in [-0.39, 0.29) is 29.2 Å². The Morgan fingerprint density at radius 1 is 0.895 bits per heavy atom. The van der Waals surface area contributed by atoms with Crippen molar-refractivity contribution in [1.29, 1.82) is 10.5 Å². The van der Waals surface area contributed by atoms with E-state index in [9.17, 15) is 35.0 Å².